The molecule has 0 N–H and O–H groups in total. The highest BCUT2D eigenvalue weighted by Gasteiger charge is 2.27. The molecule has 2 aromatic heterocycles. The van der Waals surface area contributed by atoms with Crippen LogP contribution in [0.25, 0.3) is 11.0 Å². The average molecular weight is 426 g/mol. The Morgan fingerprint density at radius 3 is 2.53 bits per heavy atom. The summed E-state index contributed by atoms with van der Waals surface area (Å²) >= 11 is 0. The number of nitrogens with zero attached hydrogens (tertiary/aromatic N) is 3. The monoisotopic (exact) mass is 425 g/mol. The molecule has 6 nitrogen and oxygen atoms in total. The summed E-state index contributed by atoms with van der Waals surface area (Å²) in [5.41, 5.74) is 3.56. The Balaban J connectivity index is 1.50. The maximum Gasteiger partial charge on any atom is 0.268 e. The Morgan fingerprint density at radius 2 is 1.83 bits per heavy atom. The Labute approximate surface area is 177 Å². The number of hydrogen-bond donors (Lipinski definition) is 0. The van der Waals surface area contributed by atoms with Crippen molar-refractivity contribution in [3.63, 3.8) is 0 Å². The third-order valence-electron chi connectivity index (χ3n) is 6.59. The van der Waals surface area contributed by atoms with Gasteiger partial charge in [-0.1, -0.05) is 12.8 Å². The van der Waals surface area contributed by atoms with E-state index in [4.69, 9.17) is 4.74 Å². The number of benzene rings is 1. The van der Waals surface area contributed by atoms with E-state index >= 15 is 0 Å². The van der Waals surface area contributed by atoms with E-state index < -0.39 is 10.0 Å². The minimum Gasteiger partial charge on any atom is -0.380 e. The lowest BCUT2D eigenvalue weighted by molar-refractivity contribution is 0.121. The van der Waals surface area contributed by atoms with Gasteiger partial charge in [0.25, 0.3) is 10.0 Å². The van der Waals surface area contributed by atoms with Gasteiger partial charge in [-0.05, 0) is 61.6 Å². The molecular weight excluding hydrogens is 398 g/mol. The molecule has 5 rings (SSSR count). The molecular formula is C23H27N3O3S. The molecule has 158 valence electrons. The highest BCUT2D eigenvalue weighted by Crippen LogP contribution is 2.38. The summed E-state index contributed by atoms with van der Waals surface area (Å²) in [6.45, 7) is 1.75. The molecule has 1 saturated heterocycles. The maximum absolute atomic E-state index is 13.5. The molecule has 30 heavy (non-hydrogen) atoms. The maximum atomic E-state index is 13.5. The molecule has 0 bridgehead atoms. The van der Waals surface area contributed by atoms with Crippen molar-refractivity contribution in [2.45, 2.75) is 49.0 Å². The second kappa shape index (κ2) is 7.71. The Morgan fingerprint density at radius 1 is 1.07 bits per heavy atom. The first kappa shape index (κ1) is 19.6. The van der Waals surface area contributed by atoms with Crippen molar-refractivity contribution in [1.29, 1.82) is 0 Å². The molecule has 0 unspecified atom stereocenters. The van der Waals surface area contributed by atoms with E-state index in [1.807, 2.05) is 18.2 Å². The summed E-state index contributed by atoms with van der Waals surface area (Å²) in [6, 6.07) is 10.9. The van der Waals surface area contributed by atoms with Crippen LogP contribution in [0.1, 0.15) is 43.6 Å². The number of hydrogen-bond acceptors (Lipinski definition) is 5. The van der Waals surface area contributed by atoms with Crippen LogP contribution in [0, 0.1) is 0 Å². The van der Waals surface area contributed by atoms with Gasteiger partial charge in [-0.15, -0.1) is 0 Å². The number of methoxy groups -OCH3 is 1. The first-order chi connectivity index (χ1) is 14.6. The number of aromatic nitrogens is 2. The highest BCUT2D eigenvalue weighted by molar-refractivity contribution is 7.90. The van der Waals surface area contributed by atoms with Crippen LogP contribution in [0.5, 0.6) is 0 Å². The van der Waals surface area contributed by atoms with Crippen LogP contribution in [0.3, 0.4) is 0 Å². The number of pyridine rings is 1. The van der Waals surface area contributed by atoms with Crippen molar-refractivity contribution in [2.24, 2.45) is 0 Å². The first-order valence-corrected chi connectivity index (χ1v) is 12.1. The fraction of sp³-hybridized carbons (Fsp3) is 0.435. The van der Waals surface area contributed by atoms with Gasteiger partial charge in [0, 0.05) is 43.8 Å². The van der Waals surface area contributed by atoms with Gasteiger partial charge >= 0.3 is 0 Å². The van der Waals surface area contributed by atoms with E-state index in [1.54, 1.807) is 37.7 Å². The van der Waals surface area contributed by atoms with Crippen molar-refractivity contribution in [1.82, 2.24) is 8.96 Å². The third-order valence-corrected chi connectivity index (χ3v) is 8.27. The number of rotatable bonds is 5. The van der Waals surface area contributed by atoms with E-state index in [2.05, 4.69) is 9.88 Å². The summed E-state index contributed by atoms with van der Waals surface area (Å²) in [7, 11) is -1.96. The fourth-order valence-corrected chi connectivity index (χ4v) is 6.25. The quantitative estimate of drug-likeness (QED) is 0.614. The first-order valence-electron chi connectivity index (χ1n) is 10.7. The predicted molar refractivity (Wildman–Crippen MR) is 118 cm³/mol. The van der Waals surface area contributed by atoms with Crippen molar-refractivity contribution >= 4 is 26.7 Å². The van der Waals surface area contributed by atoms with Gasteiger partial charge in [-0.2, -0.15) is 0 Å². The van der Waals surface area contributed by atoms with Crippen LogP contribution in [0.4, 0.5) is 5.69 Å². The molecule has 1 aliphatic carbocycles. The van der Waals surface area contributed by atoms with Crippen LogP contribution in [0.2, 0.25) is 0 Å². The van der Waals surface area contributed by atoms with Gasteiger partial charge in [0.05, 0.1) is 22.0 Å². The normalized spacial score (nSPS) is 20.4. The number of fused-ring (bicyclic) bond motifs is 1. The lowest BCUT2D eigenvalue weighted by Gasteiger charge is -2.18. The van der Waals surface area contributed by atoms with E-state index in [0.29, 0.717) is 16.3 Å². The van der Waals surface area contributed by atoms with Gasteiger partial charge in [-0.3, -0.25) is 4.98 Å². The van der Waals surface area contributed by atoms with Crippen molar-refractivity contribution in [3.8, 4) is 0 Å². The van der Waals surface area contributed by atoms with Crippen molar-refractivity contribution in [3.05, 3.63) is 54.4 Å². The summed E-state index contributed by atoms with van der Waals surface area (Å²) in [6.07, 6.45) is 9.36. The van der Waals surface area contributed by atoms with Crippen LogP contribution in [-0.4, -0.2) is 43.7 Å². The fourth-order valence-electron chi connectivity index (χ4n) is 4.89. The van der Waals surface area contributed by atoms with Crippen LogP contribution in [0.15, 0.2) is 53.7 Å². The second-order valence-electron chi connectivity index (χ2n) is 8.32. The Bertz CT molecular complexity index is 1150. The Hall–Kier alpha value is -2.38. The molecule has 2 fully saturated rings. The smallest absolute Gasteiger partial charge is 0.268 e. The Kier molecular flexibility index (Phi) is 5.03. The van der Waals surface area contributed by atoms with Crippen molar-refractivity contribution in [2.75, 3.05) is 25.1 Å². The van der Waals surface area contributed by atoms with Gasteiger partial charge in [-0.25, -0.2) is 12.4 Å². The third kappa shape index (κ3) is 3.30. The molecule has 0 spiro atoms. The number of anilines is 1. The summed E-state index contributed by atoms with van der Waals surface area (Å²) in [5, 5.41) is 0. The second-order valence-corrected chi connectivity index (χ2v) is 10.1. The van der Waals surface area contributed by atoms with Gasteiger partial charge in [0.1, 0.15) is 0 Å². The lowest BCUT2D eigenvalue weighted by atomic mass is 10.00. The standard InChI is InChI=1S/C23H27N3O3S/c1-29-19-12-14-25(15-19)18-8-10-20(11-9-18)30(27,28)26-16-21(17-5-2-3-6-17)23-22(26)7-4-13-24-23/h4,7-11,13,16-17,19H,2-3,5-6,12,14-15H2,1H3/t19-/m0/s1. The SMILES string of the molecule is CO[C@H]1CCN(c2ccc(S(=O)(=O)n3cc(C4CCCC4)c4ncccc43)cc2)C1. The molecule has 7 heteroatoms. The molecule has 1 atom stereocenters. The highest BCUT2D eigenvalue weighted by atomic mass is 32.2. The van der Waals surface area contributed by atoms with Crippen molar-refractivity contribution < 1.29 is 13.2 Å². The minimum atomic E-state index is -3.70. The molecule has 2 aliphatic rings. The van der Waals surface area contributed by atoms with Gasteiger partial charge in [0.2, 0.25) is 0 Å². The summed E-state index contributed by atoms with van der Waals surface area (Å²) in [4.78, 5) is 7.06. The van der Waals surface area contributed by atoms with Crippen LogP contribution < -0.4 is 4.90 Å². The largest absolute Gasteiger partial charge is 0.380 e. The molecule has 0 amide bonds. The van der Waals surface area contributed by atoms with E-state index in [1.165, 1.54) is 16.8 Å². The average Bonchev–Trinajstić information content (AvgIpc) is 3.53. The van der Waals surface area contributed by atoms with E-state index in [-0.39, 0.29) is 6.10 Å². The topological polar surface area (TPSA) is 64.4 Å². The van der Waals surface area contributed by atoms with Gasteiger partial charge in [0.15, 0.2) is 0 Å². The van der Waals surface area contributed by atoms with Crippen LogP contribution in [-0.2, 0) is 14.8 Å². The molecule has 0 radical (unpaired) electrons. The van der Waals surface area contributed by atoms with E-state index in [0.717, 1.165) is 49.1 Å². The zero-order valence-electron chi connectivity index (χ0n) is 17.2. The molecule has 1 saturated carbocycles. The lowest BCUT2D eigenvalue weighted by Crippen LogP contribution is -2.22. The minimum absolute atomic E-state index is 0.237. The van der Waals surface area contributed by atoms with Crippen LogP contribution >= 0.6 is 0 Å². The molecule has 3 heterocycles. The zero-order chi connectivity index (χ0) is 20.7. The molecule has 3 aromatic rings. The molecule has 1 aromatic carbocycles. The number of ether oxygens (including phenoxy) is 1. The summed E-state index contributed by atoms with van der Waals surface area (Å²) < 4.78 is 33.9. The van der Waals surface area contributed by atoms with Gasteiger partial charge < -0.3 is 9.64 Å². The van der Waals surface area contributed by atoms with E-state index in [9.17, 15) is 8.42 Å². The zero-order valence-corrected chi connectivity index (χ0v) is 18.0. The predicted octanol–water partition coefficient (Wildman–Crippen LogP) is 4.16. The summed E-state index contributed by atoms with van der Waals surface area (Å²) in [5.74, 6) is 0.394. The molecule has 1 aliphatic heterocycles.